The number of carbonyl (C=O) groups is 2. The first-order valence-corrected chi connectivity index (χ1v) is 6.80. The zero-order chi connectivity index (χ0) is 16.8. The van der Waals surface area contributed by atoms with Crippen molar-refractivity contribution in [3.8, 4) is 11.8 Å². The van der Waals surface area contributed by atoms with Gasteiger partial charge in [-0.05, 0) is 30.3 Å². The predicted octanol–water partition coefficient (Wildman–Crippen LogP) is 2.04. The average molecular weight is 309 g/mol. The van der Waals surface area contributed by atoms with Crippen LogP contribution in [0.15, 0.2) is 48.5 Å². The largest absolute Gasteiger partial charge is 0.497 e. The lowest BCUT2D eigenvalue weighted by Crippen LogP contribution is -2.22. The Balaban J connectivity index is 2.27. The minimum atomic E-state index is -1.12. The number of rotatable bonds is 5. The first-order chi connectivity index (χ1) is 11.1. The molecule has 6 nitrogen and oxygen atoms in total. The molecule has 0 aliphatic heterocycles. The molecule has 0 aliphatic rings. The second-order valence-electron chi connectivity index (χ2n) is 4.73. The van der Waals surface area contributed by atoms with Crippen LogP contribution < -0.4 is 15.8 Å². The maximum atomic E-state index is 12.3. The number of ether oxygens (including phenoxy) is 1. The van der Waals surface area contributed by atoms with Crippen LogP contribution in [-0.2, 0) is 4.79 Å². The normalized spacial score (nSPS) is 11.1. The first kappa shape index (κ1) is 16.0. The van der Waals surface area contributed by atoms with E-state index < -0.39 is 11.8 Å². The minimum absolute atomic E-state index is 0.360. The van der Waals surface area contributed by atoms with Gasteiger partial charge in [-0.15, -0.1) is 0 Å². The monoisotopic (exact) mass is 309 g/mol. The van der Waals surface area contributed by atoms with Gasteiger partial charge in [-0.2, -0.15) is 5.26 Å². The fraction of sp³-hybridized carbons (Fsp3) is 0.118. The first-order valence-electron chi connectivity index (χ1n) is 6.80. The molecule has 1 unspecified atom stereocenters. The van der Waals surface area contributed by atoms with E-state index in [1.807, 2.05) is 6.07 Å². The molecule has 0 aliphatic carbocycles. The number of carbonyl (C=O) groups excluding carboxylic acids is 2. The zero-order valence-corrected chi connectivity index (χ0v) is 12.4. The SMILES string of the molecule is COc1ccc(C(=O)Nc2ccccc2C(C#N)C(N)=O)cc1. The third-order valence-corrected chi connectivity index (χ3v) is 3.29. The number of amides is 2. The van der Waals surface area contributed by atoms with Crippen molar-refractivity contribution in [2.75, 3.05) is 12.4 Å². The van der Waals surface area contributed by atoms with Crippen LogP contribution in [0, 0.1) is 11.3 Å². The van der Waals surface area contributed by atoms with Crippen molar-refractivity contribution in [1.29, 1.82) is 5.26 Å². The number of nitrogens with zero attached hydrogens (tertiary/aromatic N) is 1. The molecular weight excluding hydrogens is 294 g/mol. The Morgan fingerprint density at radius 1 is 1.17 bits per heavy atom. The van der Waals surface area contributed by atoms with E-state index in [1.165, 1.54) is 7.11 Å². The number of para-hydroxylation sites is 1. The van der Waals surface area contributed by atoms with E-state index in [2.05, 4.69) is 5.32 Å². The number of anilines is 1. The van der Waals surface area contributed by atoms with Gasteiger partial charge in [0.05, 0.1) is 13.2 Å². The molecule has 2 amide bonds. The van der Waals surface area contributed by atoms with E-state index >= 15 is 0 Å². The van der Waals surface area contributed by atoms with Crippen molar-refractivity contribution in [3.63, 3.8) is 0 Å². The summed E-state index contributed by atoms with van der Waals surface area (Å²) in [5.41, 5.74) is 6.40. The number of nitriles is 1. The average Bonchev–Trinajstić information content (AvgIpc) is 2.56. The minimum Gasteiger partial charge on any atom is -0.497 e. The summed E-state index contributed by atoms with van der Waals surface area (Å²) >= 11 is 0. The summed E-state index contributed by atoms with van der Waals surface area (Å²) in [6.45, 7) is 0. The lowest BCUT2D eigenvalue weighted by Gasteiger charge is -2.13. The summed E-state index contributed by atoms with van der Waals surface area (Å²) in [4.78, 5) is 23.7. The zero-order valence-electron chi connectivity index (χ0n) is 12.4. The fourth-order valence-electron chi connectivity index (χ4n) is 2.09. The molecule has 0 bridgehead atoms. The van der Waals surface area contributed by atoms with Crippen molar-refractivity contribution in [2.45, 2.75) is 5.92 Å². The van der Waals surface area contributed by atoms with Crippen LogP contribution in [0.1, 0.15) is 21.8 Å². The van der Waals surface area contributed by atoms with Gasteiger partial charge in [-0.1, -0.05) is 18.2 Å². The summed E-state index contributed by atoms with van der Waals surface area (Å²) in [5, 5.41) is 11.8. The smallest absolute Gasteiger partial charge is 0.255 e. The van der Waals surface area contributed by atoms with Gasteiger partial charge in [0.2, 0.25) is 5.91 Å². The van der Waals surface area contributed by atoms with E-state index in [0.717, 1.165) is 0 Å². The third kappa shape index (κ3) is 3.66. The van der Waals surface area contributed by atoms with E-state index in [0.29, 0.717) is 22.6 Å². The van der Waals surface area contributed by atoms with E-state index in [4.69, 9.17) is 15.7 Å². The Morgan fingerprint density at radius 3 is 2.39 bits per heavy atom. The molecule has 6 heteroatoms. The Bertz CT molecular complexity index is 763. The summed E-state index contributed by atoms with van der Waals surface area (Å²) in [5.74, 6) is -1.61. The van der Waals surface area contributed by atoms with Crippen LogP contribution in [-0.4, -0.2) is 18.9 Å². The van der Waals surface area contributed by atoms with Gasteiger partial charge in [0, 0.05) is 16.8 Å². The van der Waals surface area contributed by atoms with Crippen molar-refractivity contribution in [2.24, 2.45) is 5.73 Å². The fourth-order valence-corrected chi connectivity index (χ4v) is 2.09. The molecule has 0 spiro atoms. The molecule has 1 atom stereocenters. The number of benzene rings is 2. The second-order valence-corrected chi connectivity index (χ2v) is 4.73. The molecule has 23 heavy (non-hydrogen) atoms. The molecule has 0 aromatic heterocycles. The third-order valence-electron chi connectivity index (χ3n) is 3.29. The van der Waals surface area contributed by atoms with Crippen molar-refractivity contribution in [3.05, 3.63) is 59.7 Å². The molecule has 2 aromatic rings. The van der Waals surface area contributed by atoms with Gasteiger partial charge in [-0.3, -0.25) is 9.59 Å². The van der Waals surface area contributed by atoms with Crippen LogP contribution in [0.3, 0.4) is 0 Å². The van der Waals surface area contributed by atoms with Gasteiger partial charge in [0.25, 0.3) is 5.91 Å². The molecule has 0 saturated carbocycles. The van der Waals surface area contributed by atoms with Crippen LogP contribution in [0.2, 0.25) is 0 Å². The topological polar surface area (TPSA) is 105 Å². The Labute approximate surface area is 133 Å². The Hall–Kier alpha value is -3.33. The molecule has 0 saturated heterocycles. The Morgan fingerprint density at radius 2 is 1.83 bits per heavy atom. The molecular formula is C17H15N3O3. The predicted molar refractivity (Wildman–Crippen MR) is 84.9 cm³/mol. The van der Waals surface area contributed by atoms with Gasteiger partial charge in [0.1, 0.15) is 5.75 Å². The van der Waals surface area contributed by atoms with E-state index in [-0.39, 0.29) is 5.91 Å². The highest BCUT2D eigenvalue weighted by Gasteiger charge is 2.21. The summed E-state index contributed by atoms with van der Waals surface area (Å²) < 4.78 is 5.04. The van der Waals surface area contributed by atoms with E-state index in [9.17, 15) is 9.59 Å². The molecule has 116 valence electrons. The number of hydrogen-bond acceptors (Lipinski definition) is 4. The van der Waals surface area contributed by atoms with Crippen molar-refractivity contribution < 1.29 is 14.3 Å². The lowest BCUT2D eigenvalue weighted by molar-refractivity contribution is -0.118. The van der Waals surface area contributed by atoms with E-state index in [1.54, 1.807) is 48.5 Å². The maximum absolute atomic E-state index is 12.3. The quantitative estimate of drug-likeness (QED) is 0.881. The molecule has 0 radical (unpaired) electrons. The summed E-state index contributed by atoms with van der Waals surface area (Å²) in [6.07, 6.45) is 0. The van der Waals surface area contributed by atoms with Crippen LogP contribution >= 0.6 is 0 Å². The van der Waals surface area contributed by atoms with Crippen molar-refractivity contribution in [1.82, 2.24) is 0 Å². The highest BCUT2D eigenvalue weighted by atomic mass is 16.5. The number of hydrogen-bond donors (Lipinski definition) is 2. The van der Waals surface area contributed by atoms with Gasteiger partial charge < -0.3 is 15.8 Å². The highest BCUT2D eigenvalue weighted by Crippen LogP contribution is 2.24. The van der Waals surface area contributed by atoms with Crippen LogP contribution in [0.5, 0.6) is 5.75 Å². The highest BCUT2D eigenvalue weighted by molar-refractivity contribution is 6.05. The second kappa shape index (κ2) is 7.09. The van der Waals surface area contributed by atoms with Gasteiger partial charge >= 0.3 is 0 Å². The maximum Gasteiger partial charge on any atom is 0.255 e. The molecule has 2 aromatic carbocycles. The lowest BCUT2D eigenvalue weighted by atomic mass is 9.98. The standard InChI is InChI=1S/C17H15N3O3/c1-23-12-8-6-11(7-9-12)17(22)20-15-5-3-2-4-13(15)14(10-18)16(19)21/h2-9,14H,1H3,(H2,19,21)(H,20,22). The Kier molecular flexibility index (Phi) is 4.95. The van der Waals surface area contributed by atoms with Crippen molar-refractivity contribution >= 4 is 17.5 Å². The summed E-state index contributed by atoms with van der Waals surface area (Å²) in [7, 11) is 1.54. The van der Waals surface area contributed by atoms with Crippen LogP contribution in [0.25, 0.3) is 0 Å². The molecule has 2 rings (SSSR count). The number of nitrogens with two attached hydrogens (primary N) is 1. The van der Waals surface area contributed by atoms with Gasteiger partial charge in [0.15, 0.2) is 5.92 Å². The number of methoxy groups -OCH3 is 1. The molecule has 0 heterocycles. The van der Waals surface area contributed by atoms with Gasteiger partial charge in [-0.25, -0.2) is 0 Å². The molecule has 3 N–H and O–H groups in total. The van der Waals surface area contributed by atoms with Crippen LogP contribution in [0.4, 0.5) is 5.69 Å². The number of primary amides is 1. The summed E-state index contributed by atoms with van der Waals surface area (Å²) in [6, 6.07) is 15.0. The number of nitrogens with one attached hydrogen (secondary N) is 1. The molecule has 0 fully saturated rings.